The zero-order valence-corrected chi connectivity index (χ0v) is 8.84. The van der Waals surface area contributed by atoms with E-state index in [1.807, 2.05) is 0 Å². The third kappa shape index (κ3) is 2.98. The maximum Gasteiger partial charge on any atom is 0.419 e. The monoisotopic (exact) mass is 232 g/mol. The Hall–Kier alpha value is -1.52. The molecule has 0 saturated heterocycles. The molecule has 0 aromatic heterocycles. The molecule has 0 aliphatic carbocycles. The molecule has 0 aliphatic heterocycles. The van der Waals surface area contributed by atoms with E-state index >= 15 is 0 Å². The molecule has 1 aromatic rings. The van der Waals surface area contributed by atoms with Gasteiger partial charge in [0.05, 0.1) is 11.7 Å². The van der Waals surface area contributed by atoms with Gasteiger partial charge in [-0.3, -0.25) is 4.79 Å². The van der Waals surface area contributed by atoms with E-state index in [9.17, 15) is 18.0 Å². The van der Waals surface area contributed by atoms with Gasteiger partial charge < -0.3 is 4.74 Å². The molecule has 0 heterocycles. The Morgan fingerprint density at radius 2 is 1.94 bits per heavy atom. The highest BCUT2D eigenvalue weighted by atomic mass is 19.4. The minimum atomic E-state index is -4.48. The lowest BCUT2D eigenvalue weighted by atomic mass is 10.1. The third-order valence-electron chi connectivity index (χ3n) is 1.81. The summed E-state index contributed by atoms with van der Waals surface area (Å²) in [6, 6.07) is 3.06. The Morgan fingerprint density at radius 1 is 1.31 bits per heavy atom. The molecule has 5 heteroatoms. The van der Waals surface area contributed by atoms with Crippen LogP contribution in [0.3, 0.4) is 0 Å². The molecule has 0 unspecified atom stereocenters. The minimum absolute atomic E-state index is 0.156. The topological polar surface area (TPSA) is 26.3 Å². The van der Waals surface area contributed by atoms with Crippen molar-refractivity contribution in [3.05, 3.63) is 29.3 Å². The van der Waals surface area contributed by atoms with Crippen molar-refractivity contribution in [1.82, 2.24) is 0 Å². The van der Waals surface area contributed by atoms with Crippen molar-refractivity contribution >= 4 is 6.29 Å². The maximum atomic E-state index is 12.6. The summed E-state index contributed by atoms with van der Waals surface area (Å²) in [4.78, 5) is 10.5. The van der Waals surface area contributed by atoms with Crippen LogP contribution in [0, 0.1) is 0 Å². The fraction of sp³-hybridized carbons (Fsp3) is 0.364. The van der Waals surface area contributed by atoms with Gasteiger partial charge in [0.15, 0.2) is 0 Å². The lowest BCUT2D eigenvalue weighted by Crippen LogP contribution is -2.13. The Bertz CT molecular complexity index is 383. The van der Waals surface area contributed by atoms with Crippen LogP contribution in [0.2, 0.25) is 0 Å². The highest BCUT2D eigenvalue weighted by molar-refractivity contribution is 5.76. The molecular formula is C11H11F3O2. The summed E-state index contributed by atoms with van der Waals surface area (Å²) in [5.41, 5.74) is -0.713. The van der Waals surface area contributed by atoms with Crippen molar-refractivity contribution in [2.24, 2.45) is 0 Å². The molecule has 0 saturated carbocycles. The second kappa shape index (κ2) is 4.55. The summed E-state index contributed by atoms with van der Waals surface area (Å²) in [6.07, 6.45) is -4.39. The van der Waals surface area contributed by atoms with Crippen LogP contribution in [-0.2, 0) is 6.18 Å². The highest BCUT2D eigenvalue weighted by Gasteiger charge is 2.34. The molecule has 0 atom stereocenters. The summed E-state index contributed by atoms with van der Waals surface area (Å²) in [7, 11) is 0. The van der Waals surface area contributed by atoms with Gasteiger partial charge in [-0.15, -0.1) is 0 Å². The number of ether oxygens (including phenoxy) is 1. The largest absolute Gasteiger partial charge is 0.490 e. The number of benzene rings is 1. The highest BCUT2D eigenvalue weighted by Crippen LogP contribution is 2.36. The van der Waals surface area contributed by atoms with Crippen molar-refractivity contribution in [2.75, 3.05) is 0 Å². The molecule has 2 nitrogen and oxygen atoms in total. The smallest absolute Gasteiger partial charge is 0.419 e. The maximum absolute atomic E-state index is 12.6. The minimum Gasteiger partial charge on any atom is -0.490 e. The molecule has 0 amide bonds. The van der Waals surface area contributed by atoms with Gasteiger partial charge in [0.25, 0.3) is 0 Å². The Morgan fingerprint density at radius 3 is 2.38 bits per heavy atom. The summed E-state index contributed by atoms with van der Waals surface area (Å²) >= 11 is 0. The zero-order chi connectivity index (χ0) is 12.3. The van der Waals surface area contributed by atoms with Crippen LogP contribution in [-0.4, -0.2) is 12.4 Å². The fourth-order valence-electron chi connectivity index (χ4n) is 1.20. The average molecular weight is 232 g/mol. The molecule has 88 valence electrons. The quantitative estimate of drug-likeness (QED) is 0.747. The van der Waals surface area contributed by atoms with Crippen molar-refractivity contribution in [1.29, 1.82) is 0 Å². The Balaban J connectivity index is 3.21. The summed E-state index contributed by atoms with van der Waals surface area (Å²) in [6.45, 7) is 3.24. The first-order valence-electron chi connectivity index (χ1n) is 4.67. The molecule has 16 heavy (non-hydrogen) atoms. The van der Waals surface area contributed by atoms with E-state index in [4.69, 9.17) is 4.74 Å². The molecule has 0 radical (unpaired) electrons. The van der Waals surface area contributed by atoms with E-state index in [1.165, 1.54) is 0 Å². The number of carbonyl (C=O) groups excluding carboxylic acids is 1. The number of rotatable bonds is 3. The predicted molar refractivity (Wildman–Crippen MR) is 52.6 cm³/mol. The van der Waals surface area contributed by atoms with Crippen molar-refractivity contribution < 1.29 is 22.7 Å². The van der Waals surface area contributed by atoms with E-state index in [1.54, 1.807) is 13.8 Å². The van der Waals surface area contributed by atoms with Crippen LogP contribution in [0.1, 0.15) is 29.8 Å². The van der Waals surface area contributed by atoms with Crippen LogP contribution in [0.15, 0.2) is 18.2 Å². The third-order valence-corrected chi connectivity index (χ3v) is 1.81. The standard InChI is InChI=1S/C11H11F3O2/c1-7(2)16-10-5-8(6-15)3-4-9(10)11(12,13)14/h3-7H,1-2H3. The van der Waals surface area contributed by atoms with Gasteiger partial charge in [-0.2, -0.15) is 13.2 Å². The summed E-state index contributed by atoms with van der Waals surface area (Å²) in [5, 5.41) is 0. The lowest BCUT2D eigenvalue weighted by Gasteiger charge is -2.16. The first-order chi connectivity index (χ1) is 7.34. The Kier molecular flexibility index (Phi) is 3.57. The second-order valence-corrected chi connectivity index (χ2v) is 3.54. The number of hydrogen-bond acceptors (Lipinski definition) is 2. The van der Waals surface area contributed by atoms with Crippen LogP contribution in [0.5, 0.6) is 5.75 Å². The Labute approximate surface area is 91.0 Å². The summed E-state index contributed by atoms with van der Waals surface area (Å²) in [5.74, 6) is -0.313. The van der Waals surface area contributed by atoms with E-state index in [-0.39, 0.29) is 17.4 Å². The normalized spacial score (nSPS) is 11.6. The molecule has 0 spiro atoms. The summed E-state index contributed by atoms with van der Waals surface area (Å²) < 4.78 is 42.7. The fourth-order valence-corrected chi connectivity index (χ4v) is 1.20. The molecule has 1 rings (SSSR count). The van der Waals surface area contributed by atoms with Crippen molar-refractivity contribution in [3.8, 4) is 5.75 Å². The van der Waals surface area contributed by atoms with Crippen molar-refractivity contribution in [3.63, 3.8) is 0 Å². The molecule has 0 aliphatic rings. The average Bonchev–Trinajstić information content (AvgIpc) is 2.14. The van der Waals surface area contributed by atoms with Crippen LogP contribution >= 0.6 is 0 Å². The van der Waals surface area contributed by atoms with Crippen molar-refractivity contribution in [2.45, 2.75) is 26.1 Å². The van der Waals surface area contributed by atoms with Gasteiger partial charge in [0.1, 0.15) is 12.0 Å². The van der Waals surface area contributed by atoms with Gasteiger partial charge in [0.2, 0.25) is 0 Å². The van der Waals surface area contributed by atoms with E-state index in [2.05, 4.69) is 0 Å². The molecule has 0 N–H and O–H groups in total. The molecular weight excluding hydrogens is 221 g/mol. The first kappa shape index (κ1) is 12.5. The molecule has 0 fully saturated rings. The number of carbonyl (C=O) groups is 1. The number of alkyl halides is 3. The van der Waals surface area contributed by atoms with Crippen LogP contribution in [0.25, 0.3) is 0 Å². The first-order valence-corrected chi connectivity index (χ1v) is 4.67. The number of halogens is 3. The number of aldehydes is 1. The van der Waals surface area contributed by atoms with E-state index in [0.717, 1.165) is 18.2 Å². The van der Waals surface area contributed by atoms with Crippen LogP contribution < -0.4 is 4.74 Å². The lowest BCUT2D eigenvalue weighted by molar-refractivity contribution is -0.139. The number of hydrogen-bond donors (Lipinski definition) is 0. The molecule has 0 bridgehead atoms. The van der Waals surface area contributed by atoms with Gasteiger partial charge in [0, 0.05) is 5.56 Å². The van der Waals surface area contributed by atoms with Crippen LogP contribution in [0.4, 0.5) is 13.2 Å². The second-order valence-electron chi connectivity index (χ2n) is 3.54. The molecule has 1 aromatic carbocycles. The van der Waals surface area contributed by atoms with Gasteiger partial charge >= 0.3 is 6.18 Å². The zero-order valence-electron chi connectivity index (χ0n) is 8.84. The van der Waals surface area contributed by atoms with E-state index < -0.39 is 11.7 Å². The predicted octanol–water partition coefficient (Wildman–Crippen LogP) is 3.31. The van der Waals surface area contributed by atoms with Gasteiger partial charge in [-0.1, -0.05) is 6.07 Å². The van der Waals surface area contributed by atoms with Gasteiger partial charge in [-0.25, -0.2) is 0 Å². The SMILES string of the molecule is CC(C)Oc1cc(C=O)ccc1C(F)(F)F. The van der Waals surface area contributed by atoms with E-state index in [0.29, 0.717) is 6.29 Å². The van der Waals surface area contributed by atoms with Gasteiger partial charge in [-0.05, 0) is 26.0 Å².